The van der Waals surface area contributed by atoms with E-state index in [1.807, 2.05) is 0 Å². The zero-order chi connectivity index (χ0) is 24.3. The highest BCUT2D eigenvalue weighted by Gasteiger charge is 2.24. The van der Waals surface area contributed by atoms with Gasteiger partial charge in [-0.25, -0.2) is 0 Å². The third kappa shape index (κ3) is 8.73. The van der Waals surface area contributed by atoms with Gasteiger partial charge in [-0.3, -0.25) is 0 Å². The minimum atomic E-state index is 0.542. The van der Waals surface area contributed by atoms with E-state index in [1.54, 1.807) is 0 Å². The molecule has 0 amide bonds. The normalized spacial score (nSPS) is 16.9. The molecule has 0 radical (unpaired) electrons. The zero-order valence-electron chi connectivity index (χ0n) is 21.5. The summed E-state index contributed by atoms with van der Waals surface area (Å²) in [6, 6.07) is 33.6. The molecule has 0 aliphatic rings. The summed E-state index contributed by atoms with van der Waals surface area (Å²) in [7, 11) is 0. The van der Waals surface area contributed by atoms with Crippen molar-refractivity contribution in [2.75, 3.05) is 0 Å². The average molecular weight is 520 g/mol. The van der Waals surface area contributed by atoms with Crippen molar-refractivity contribution >= 4 is 15.9 Å². The number of rotatable bonds is 13. The van der Waals surface area contributed by atoms with E-state index in [0.717, 1.165) is 11.8 Å². The number of benzene rings is 3. The summed E-state index contributed by atoms with van der Waals surface area (Å²) < 4.78 is 0. The summed E-state index contributed by atoms with van der Waals surface area (Å²) in [5.41, 5.74) is 4.44. The van der Waals surface area contributed by atoms with Crippen LogP contribution in [0.25, 0.3) is 0 Å². The fraction of sp³-hybridized carbons (Fsp3) is 0.455. The van der Waals surface area contributed by atoms with E-state index in [0.29, 0.717) is 22.6 Å². The number of hydrogen-bond donors (Lipinski definition) is 0. The van der Waals surface area contributed by atoms with Crippen LogP contribution in [0.1, 0.15) is 94.2 Å². The molecule has 6 atom stereocenters. The van der Waals surface area contributed by atoms with Crippen LogP contribution in [0.2, 0.25) is 0 Å². The Morgan fingerprint density at radius 1 is 0.471 bits per heavy atom. The maximum Gasteiger partial charge on any atom is 0.0120 e. The summed E-state index contributed by atoms with van der Waals surface area (Å²) in [6.45, 7) is 9.55. The van der Waals surface area contributed by atoms with E-state index in [2.05, 4.69) is 135 Å². The second-order valence-corrected chi connectivity index (χ2v) is 12.3. The van der Waals surface area contributed by atoms with E-state index in [4.69, 9.17) is 0 Å². The van der Waals surface area contributed by atoms with Crippen molar-refractivity contribution in [2.24, 2.45) is 11.8 Å². The SMILES string of the molecule is CC(Br)CC(C)CC(C)CC(C[C@H](C[C@H](C)c1ccccc1)c1ccccc1)c1ccccc1. The third-order valence-corrected chi connectivity index (χ3v) is 7.71. The van der Waals surface area contributed by atoms with Crippen molar-refractivity contribution in [1.82, 2.24) is 0 Å². The lowest BCUT2D eigenvalue weighted by molar-refractivity contribution is 0.339. The van der Waals surface area contributed by atoms with Gasteiger partial charge >= 0.3 is 0 Å². The molecule has 3 aromatic carbocycles. The Morgan fingerprint density at radius 3 is 1.35 bits per heavy atom. The van der Waals surface area contributed by atoms with E-state index < -0.39 is 0 Å². The lowest BCUT2D eigenvalue weighted by Gasteiger charge is -2.29. The van der Waals surface area contributed by atoms with E-state index >= 15 is 0 Å². The summed E-state index contributed by atoms with van der Waals surface area (Å²) in [6.07, 6.45) is 6.20. The second-order valence-electron chi connectivity index (χ2n) is 10.7. The highest BCUT2D eigenvalue weighted by Crippen LogP contribution is 2.40. The number of hydrogen-bond acceptors (Lipinski definition) is 0. The van der Waals surface area contributed by atoms with Gasteiger partial charge in [0.2, 0.25) is 0 Å². The smallest absolute Gasteiger partial charge is 0.0120 e. The van der Waals surface area contributed by atoms with Crippen LogP contribution < -0.4 is 0 Å². The van der Waals surface area contributed by atoms with E-state index in [9.17, 15) is 0 Å². The van der Waals surface area contributed by atoms with Gasteiger partial charge in [-0.15, -0.1) is 0 Å². The molecule has 4 unspecified atom stereocenters. The van der Waals surface area contributed by atoms with Gasteiger partial charge in [0.05, 0.1) is 0 Å². The Labute approximate surface area is 217 Å². The van der Waals surface area contributed by atoms with Crippen LogP contribution in [-0.4, -0.2) is 4.83 Å². The van der Waals surface area contributed by atoms with Crippen LogP contribution in [-0.2, 0) is 0 Å². The summed E-state index contributed by atoms with van der Waals surface area (Å²) in [4.78, 5) is 0.599. The van der Waals surface area contributed by atoms with Crippen molar-refractivity contribution in [3.05, 3.63) is 108 Å². The van der Waals surface area contributed by atoms with Crippen molar-refractivity contribution in [3.8, 4) is 0 Å². The van der Waals surface area contributed by atoms with Gasteiger partial charge in [0, 0.05) is 4.83 Å². The molecule has 182 valence electrons. The maximum absolute atomic E-state index is 3.75. The van der Waals surface area contributed by atoms with Gasteiger partial charge in [0.15, 0.2) is 0 Å². The third-order valence-electron chi connectivity index (χ3n) is 7.34. The van der Waals surface area contributed by atoms with Gasteiger partial charge in [-0.2, -0.15) is 0 Å². The van der Waals surface area contributed by atoms with Crippen molar-refractivity contribution in [1.29, 1.82) is 0 Å². The molecule has 0 saturated heterocycles. The minimum Gasteiger partial charge on any atom is -0.0894 e. The topological polar surface area (TPSA) is 0 Å². The molecule has 0 N–H and O–H groups in total. The fourth-order valence-corrected chi connectivity index (χ4v) is 6.43. The predicted molar refractivity (Wildman–Crippen MR) is 153 cm³/mol. The molecular formula is C33H43Br. The molecule has 0 nitrogen and oxygen atoms in total. The van der Waals surface area contributed by atoms with Crippen LogP contribution >= 0.6 is 15.9 Å². The maximum atomic E-state index is 3.75. The molecule has 34 heavy (non-hydrogen) atoms. The Bertz CT molecular complexity index is 919. The monoisotopic (exact) mass is 518 g/mol. The van der Waals surface area contributed by atoms with Crippen LogP contribution in [0.5, 0.6) is 0 Å². The Kier molecular flexibility index (Phi) is 10.9. The van der Waals surface area contributed by atoms with Gasteiger partial charge in [-0.05, 0) is 78.4 Å². The van der Waals surface area contributed by atoms with Gasteiger partial charge in [0.1, 0.15) is 0 Å². The van der Waals surface area contributed by atoms with Crippen molar-refractivity contribution in [3.63, 3.8) is 0 Å². The highest BCUT2D eigenvalue weighted by molar-refractivity contribution is 9.09. The molecular weight excluding hydrogens is 476 g/mol. The first-order chi connectivity index (χ1) is 16.4. The lowest BCUT2D eigenvalue weighted by Crippen LogP contribution is -2.14. The summed E-state index contributed by atoms with van der Waals surface area (Å²) >= 11 is 3.75. The fourth-order valence-electron chi connectivity index (χ4n) is 5.79. The van der Waals surface area contributed by atoms with Gasteiger partial charge < -0.3 is 0 Å². The standard InChI is InChI=1S/C33H43Br/c1-25(21-28(4)34)20-26(2)22-32(30-16-10-6-11-17-30)24-33(31-18-12-7-13-19-31)23-27(3)29-14-8-5-9-15-29/h5-19,25-28,32-33H,20-24H2,1-4H3/t25?,26?,27-,28?,32?,33-/m0/s1. The molecule has 0 spiro atoms. The first kappa shape index (κ1) is 26.7. The molecule has 1 heteroatoms. The Balaban J connectivity index is 1.80. The Morgan fingerprint density at radius 2 is 0.882 bits per heavy atom. The Hall–Kier alpha value is -1.86. The van der Waals surface area contributed by atoms with Gasteiger partial charge in [0.25, 0.3) is 0 Å². The summed E-state index contributed by atoms with van der Waals surface area (Å²) in [5.74, 6) is 3.14. The van der Waals surface area contributed by atoms with Crippen molar-refractivity contribution in [2.45, 2.75) is 82.4 Å². The molecule has 3 rings (SSSR count). The van der Waals surface area contributed by atoms with Crippen LogP contribution in [0.15, 0.2) is 91.0 Å². The molecule has 3 aromatic rings. The molecule has 0 aromatic heterocycles. The van der Waals surface area contributed by atoms with E-state index in [-0.39, 0.29) is 0 Å². The highest BCUT2D eigenvalue weighted by atomic mass is 79.9. The second kappa shape index (κ2) is 13.9. The molecule has 0 bridgehead atoms. The molecule has 0 heterocycles. The van der Waals surface area contributed by atoms with E-state index in [1.165, 1.54) is 48.8 Å². The number of alkyl halides is 1. The van der Waals surface area contributed by atoms with Crippen LogP contribution in [0.3, 0.4) is 0 Å². The lowest BCUT2D eigenvalue weighted by atomic mass is 9.75. The van der Waals surface area contributed by atoms with Crippen molar-refractivity contribution < 1.29 is 0 Å². The first-order valence-electron chi connectivity index (χ1n) is 13.2. The first-order valence-corrected chi connectivity index (χ1v) is 14.1. The van der Waals surface area contributed by atoms with Crippen LogP contribution in [0, 0.1) is 11.8 Å². The average Bonchev–Trinajstić information content (AvgIpc) is 2.84. The van der Waals surface area contributed by atoms with Crippen LogP contribution in [0.4, 0.5) is 0 Å². The zero-order valence-corrected chi connectivity index (χ0v) is 23.1. The quantitative estimate of drug-likeness (QED) is 0.197. The van der Waals surface area contributed by atoms with Gasteiger partial charge in [-0.1, -0.05) is 135 Å². The number of halogens is 1. The molecule has 0 saturated carbocycles. The summed E-state index contributed by atoms with van der Waals surface area (Å²) in [5, 5.41) is 0. The minimum absolute atomic E-state index is 0.542. The predicted octanol–water partition coefficient (Wildman–Crippen LogP) is 10.4. The largest absolute Gasteiger partial charge is 0.0894 e. The molecule has 0 aliphatic carbocycles. The molecule has 0 aliphatic heterocycles. The molecule has 0 fully saturated rings.